The van der Waals surface area contributed by atoms with Crippen molar-refractivity contribution < 1.29 is 24.1 Å². The molecule has 2 aromatic heterocycles. The highest BCUT2D eigenvalue weighted by atomic mass is 32.2. The number of pyridine rings is 1. The molecule has 206 valence electrons. The van der Waals surface area contributed by atoms with Crippen LogP contribution in [0.3, 0.4) is 0 Å². The Morgan fingerprint density at radius 2 is 2.08 bits per heavy atom. The summed E-state index contributed by atoms with van der Waals surface area (Å²) in [7, 11) is 1.71. The third-order valence-corrected chi connectivity index (χ3v) is 9.18. The van der Waals surface area contributed by atoms with Crippen molar-refractivity contribution in [2.24, 2.45) is 5.41 Å². The van der Waals surface area contributed by atoms with Crippen LogP contribution in [0, 0.1) is 5.41 Å². The van der Waals surface area contributed by atoms with Crippen molar-refractivity contribution in [2.45, 2.75) is 60.8 Å². The van der Waals surface area contributed by atoms with Crippen molar-refractivity contribution in [3.8, 4) is 5.75 Å². The number of ether oxygens (including phenoxy) is 4. The molecule has 1 N–H and O–H groups in total. The van der Waals surface area contributed by atoms with Crippen molar-refractivity contribution in [3.05, 3.63) is 24.2 Å². The van der Waals surface area contributed by atoms with Crippen LogP contribution in [-0.4, -0.2) is 92.0 Å². The van der Waals surface area contributed by atoms with E-state index in [9.17, 15) is 5.11 Å². The molecule has 0 saturated carbocycles. The Morgan fingerprint density at radius 3 is 2.87 bits per heavy atom. The van der Waals surface area contributed by atoms with Gasteiger partial charge in [0.2, 0.25) is 0 Å². The van der Waals surface area contributed by atoms with Gasteiger partial charge in [-0.25, -0.2) is 15.0 Å². The molecule has 6 heterocycles. The van der Waals surface area contributed by atoms with E-state index >= 15 is 0 Å². The number of aliphatic hydroxyl groups is 1. The Kier molecular flexibility index (Phi) is 7.90. The molecule has 0 amide bonds. The Bertz CT molecular complexity index is 1110. The van der Waals surface area contributed by atoms with E-state index < -0.39 is 0 Å². The Labute approximate surface area is 228 Å². The minimum Gasteiger partial charge on any atom is -0.486 e. The Morgan fingerprint density at radius 1 is 1.18 bits per heavy atom. The molecule has 2 unspecified atom stereocenters. The molecule has 1 spiro atoms. The number of fused-ring (bicyclic) bond motifs is 3. The molecule has 38 heavy (non-hydrogen) atoms. The van der Waals surface area contributed by atoms with Crippen LogP contribution in [0.15, 0.2) is 28.4 Å². The molecule has 0 aromatic carbocycles. The van der Waals surface area contributed by atoms with E-state index in [1.54, 1.807) is 13.3 Å². The number of aliphatic hydroxyl groups excluding tert-OH is 1. The maximum absolute atomic E-state index is 10.1. The summed E-state index contributed by atoms with van der Waals surface area (Å²) in [4.78, 5) is 19.7. The highest BCUT2D eigenvalue weighted by Crippen LogP contribution is 2.45. The van der Waals surface area contributed by atoms with Crippen molar-refractivity contribution in [2.75, 3.05) is 69.6 Å². The molecule has 4 aliphatic heterocycles. The van der Waals surface area contributed by atoms with Crippen LogP contribution in [-0.2, 0) is 20.8 Å². The molecule has 11 heteroatoms. The number of rotatable bonds is 9. The normalized spacial score (nSPS) is 23.9. The number of aromatic nitrogens is 3. The smallest absolute Gasteiger partial charge is 0.175 e. The first-order valence-electron chi connectivity index (χ1n) is 13.6. The van der Waals surface area contributed by atoms with Crippen LogP contribution in [0.2, 0.25) is 0 Å². The number of anilines is 2. The number of methoxy groups -OCH3 is 1. The van der Waals surface area contributed by atoms with E-state index in [4.69, 9.17) is 28.9 Å². The fraction of sp³-hybridized carbons (Fsp3) is 0.667. The number of piperidine rings is 1. The number of hydrogen-bond donors (Lipinski definition) is 1. The molecule has 4 aliphatic rings. The van der Waals surface area contributed by atoms with Crippen molar-refractivity contribution in [1.82, 2.24) is 15.0 Å². The van der Waals surface area contributed by atoms with E-state index in [0.717, 1.165) is 92.3 Å². The molecule has 10 nitrogen and oxygen atoms in total. The Hall–Kier alpha value is -2.18. The first-order chi connectivity index (χ1) is 18.7. The van der Waals surface area contributed by atoms with Crippen molar-refractivity contribution >= 4 is 23.4 Å². The molecule has 3 saturated heterocycles. The summed E-state index contributed by atoms with van der Waals surface area (Å²) in [5, 5.41) is 10.9. The quantitative estimate of drug-likeness (QED) is 0.472. The van der Waals surface area contributed by atoms with Gasteiger partial charge in [-0.15, -0.1) is 0 Å². The van der Waals surface area contributed by atoms with Crippen LogP contribution in [0.25, 0.3) is 0 Å². The largest absolute Gasteiger partial charge is 0.486 e. The first kappa shape index (κ1) is 26.1. The summed E-state index contributed by atoms with van der Waals surface area (Å²) in [6.45, 7) is 6.25. The highest BCUT2D eigenvalue weighted by molar-refractivity contribution is 7.99. The van der Waals surface area contributed by atoms with Crippen LogP contribution in [0.5, 0.6) is 5.75 Å². The summed E-state index contributed by atoms with van der Waals surface area (Å²) in [5.74, 6) is 2.43. The topological polar surface area (TPSA) is 102 Å². The third-order valence-electron chi connectivity index (χ3n) is 8.24. The predicted molar refractivity (Wildman–Crippen MR) is 143 cm³/mol. The predicted octanol–water partition coefficient (Wildman–Crippen LogP) is 2.91. The van der Waals surface area contributed by atoms with Gasteiger partial charge in [0.25, 0.3) is 0 Å². The van der Waals surface area contributed by atoms with E-state index in [1.165, 1.54) is 11.8 Å². The van der Waals surface area contributed by atoms with Crippen molar-refractivity contribution in [3.63, 3.8) is 0 Å². The monoisotopic (exact) mass is 543 g/mol. The van der Waals surface area contributed by atoms with Crippen LogP contribution >= 0.6 is 11.8 Å². The van der Waals surface area contributed by atoms with Gasteiger partial charge in [0.15, 0.2) is 17.4 Å². The molecule has 0 bridgehead atoms. The fourth-order valence-corrected chi connectivity index (χ4v) is 6.92. The van der Waals surface area contributed by atoms with E-state index in [1.807, 2.05) is 12.3 Å². The van der Waals surface area contributed by atoms with Gasteiger partial charge in [-0.1, -0.05) is 11.8 Å². The zero-order valence-electron chi connectivity index (χ0n) is 22.0. The van der Waals surface area contributed by atoms with E-state index in [0.29, 0.717) is 30.9 Å². The lowest BCUT2D eigenvalue weighted by atomic mass is 9.78. The van der Waals surface area contributed by atoms with Gasteiger partial charge in [0.05, 0.1) is 36.5 Å². The van der Waals surface area contributed by atoms with Crippen LogP contribution in [0.1, 0.15) is 37.8 Å². The molecular formula is C27H37N5O5S. The summed E-state index contributed by atoms with van der Waals surface area (Å²) >= 11 is 1.50. The highest BCUT2D eigenvalue weighted by Gasteiger charge is 2.40. The summed E-state index contributed by atoms with van der Waals surface area (Å²) in [6.07, 6.45) is 8.95. The van der Waals surface area contributed by atoms with Gasteiger partial charge in [-0.3, -0.25) is 0 Å². The van der Waals surface area contributed by atoms with E-state index in [2.05, 4.69) is 14.8 Å². The molecule has 0 radical (unpaired) electrons. The van der Waals surface area contributed by atoms with Gasteiger partial charge in [0.1, 0.15) is 17.3 Å². The molecule has 2 atom stereocenters. The van der Waals surface area contributed by atoms with E-state index in [-0.39, 0.29) is 18.8 Å². The standard InChI is InChI=1S/C27H37N5O5S/c1-34-10-2-11-36-20-13-19-17-37-24-22(3-7-28-26(24)32(19)15-20)38-23-14-29-25(21(16-33)30-23)31-8-4-27(5-9-31)6-12-35-18-27/h3,7,14,19-20,33H,2,4-6,8-13,15-18H2,1H3. The summed E-state index contributed by atoms with van der Waals surface area (Å²) < 4.78 is 23.1. The van der Waals surface area contributed by atoms with Crippen LogP contribution in [0.4, 0.5) is 11.6 Å². The van der Waals surface area contributed by atoms with Gasteiger partial charge >= 0.3 is 0 Å². The maximum atomic E-state index is 10.1. The van der Waals surface area contributed by atoms with Gasteiger partial charge in [0, 0.05) is 52.8 Å². The minimum atomic E-state index is -0.145. The minimum absolute atomic E-state index is 0.145. The number of hydrogen-bond acceptors (Lipinski definition) is 11. The van der Waals surface area contributed by atoms with Gasteiger partial charge in [-0.05, 0) is 43.6 Å². The SMILES string of the molecule is COCCCOC1CC2COc3c(Sc4cnc(N5CCC6(CCOC6)CC5)c(CO)n4)ccnc3N2C1. The lowest BCUT2D eigenvalue weighted by molar-refractivity contribution is 0.0497. The second-order valence-electron chi connectivity index (χ2n) is 10.7. The average Bonchev–Trinajstić information content (AvgIpc) is 3.59. The molecular weight excluding hydrogens is 506 g/mol. The molecule has 0 aliphatic carbocycles. The van der Waals surface area contributed by atoms with Gasteiger partial charge in [-0.2, -0.15) is 0 Å². The molecule has 6 rings (SSSR count). The second-order valence-corrected chi connectivity index (χ2v) is 11.7. The zero-order chi connectivity index (χ0) is 26.0. The first-order valence-corrected chi connectivity index (χ1v) is 14.5. The third kappa shape index (κ3) is 5.31. The molecule has 3 fully saturated rings. The molecule has 2 aromatic rings. The lowest BCUT2D eigenvalue weighted by Gasteiger charge is -2.39. The fourth-order valence-electron chi connectivity index (χ4n) is 6.06. The average molecular weight is 544 g/mol. The lowest BCUT2D eigenvalue weighted by Crippen LogP contribution is -2.41. The summed E-state index contributed by atoms with van der Waals surface area (Å²) in [6, 6.07) is 2.22. The Balaban J connectivity index is 1.13. The number of nitrogens with zero attached hydrogens (tertiary/aromatic N) is 5. The second kappa shape index (κ2) is 11.5. The van der Waals surface area contributed by atoms with Crippen molar-refractivity contribution in [1.29, 1.82) is 0 Å². The van der Waals surface area contributed by atoms with Gasteiger partial charge < -0.3 is 33.9 Å². The zero-order valence-corrected chi connectivity index (χ0v) is 22.8. The van der Waals surface area contributed by atoms with Crippen LogP contribution < -0.4 is 14.5 Å². The maximum Gasteiger partial charge on any atom is 0.175 e. The summed E-state index contributed by atoms with van der Waals surface area (Å²) in [5.41, 5.74) is 0.940.